The second-order valence-electron chi connectivity index (χ2n) is 4.57. The average Bonchev–Trinajstić information content (AvgIpc) is 2.84. The van der Waals surface area contributed by atoms with E-state index in [0.717, 1.165) is 3.79 Å². The normalized spacial score (nSPS) is 11.5. The summed E-state index contributed by atoms with van der Waals surface area (Å²) in [4.78, 5) is 16.0. The molecule has 1 heterocycles. The summed E-state index contributed by atoms with van der Waals surface area (Å²) in [6.07, 6.45) is 1.59. The molecule has 1 N–H and O–H groups in total. The minimum Gasteiger partial charge on any atom is -0.382 e. The van der Waals surface area contributed by atoms with Crippen molar-refractivity contribution >= 4 is 48.4 Å². The third-order valence-corrected chi connectivity index (χ3v) is 5.58. The fourth-order valence-electron chi connectivity index (χ4n) is 1.37. The Morgan fingerprint density at radius 1 is 1.32 bits per heavy atom. The SMILES string of the molecule is CC(C)S(=O)(=O)Oc1ccc(C(=O)Nc2ncc(Br)s2)cc1. The van der Waals surface area contributed by atoms with Gasteiger partial charge in [-0.25, -0.2) is 4.98 Å². The number of amides is 1. The summed E-state index contributed by atoms with van der Waals surface area (Å²) in [6.45, 7) is 3.06. The maximum Gasteiger partial charge on any atom is 0.311 e. The highest BCUT2D eigenvalue weighted by molar-refractivity contribution is 9.11. The quantitative estimate of drug-likeness (QED) is 0.772. The summed E-state index contributed by atoms with van der Waals surface area (Å²) >= 11 is 4.55. The zero-order valence-corrected chi connectivity index (χ0v) is 15.0. The molecule has 2 rings (SSSR count). The molecule has 2 aromatic rings. The number of thiazole rings is 1. The van der Waals surface area contributed by atoms with Gasteiger partial charge in [0.25, 0.3) is 5.91 Å². The van der Waals surface area contributed by atoms with Gasteiger partial charge in [0.2, 0.25) is 0 Å². The van der Waals surface area contributed by atoms with E-state index in [0.29, 0.717) is 10.7 Å². The molecule has 6 nitrogen and oxygen atoms in total. The number of nitrogens with zero attached hydrogens (tertiary/aromatic N) is 1. The van der Waals surface area contributed by atoms with Crippen LogP contribution in [0.2, 0.25) is 0 Å². The van der Waals surface area contributed by atoms with Crippen LogP contribution in [0.15, 0.2) is 34.2 Å². The molecule has 1 aromatic heterocycles. The molecule has 0 saturated carbocycles. The van der Waals surface area contributed by atoms with Crippen molar-refractivity contribution < 1.29 is 17.4 Å². The first kappa shape index (κ1) is 16.9. The number of hydrogen-bond donors (Lipinski definition) is 1. The number of aromatic nitrogens is 1. The van der Waals surface area contributed by atoms with Crippen molar-refractivity contribution in [3.8, 4) is 5.75 Å². The monoisotopic (exact) mass is 404 g/mol. The number of anilines is 1. The Morgan fingerprint density at radius 2 is 1.95 bits per heavy atom. The fourth-order valence-corrected chi connectivity index (χ4v) is 3.05. The molecule has 0 aliphatic rings. The fraction of sp³-hybridized carbons (Fsp3) is 0.231. The van der Waals surface area contributed by atoms with Crippen LogP contribution in [-0.4, -0.2) is 24.6 Å². The number of carbonyl (C=O) groups is 1. The van der Waals surface area contributed by atoms with Gasteiger partial charge in [-0.05, 0) is 54.0 Å². The van der Waals surface area contributed by atoms with Crippen LogP contribution in [0.3, 0.4) is 0 Å². The highest BCUT2D eigenvalue weighted by atomic mass is 79.9. The standard InChI is InChI=1S/C13H13BrN2O4S2/c1-8(2)22(18,19)20-10-5-3-9(4-6-10)12(17)16-13-15-7-11(14)21-13/h3-8H,1-2H3,(H,15,16,17). The van der Waals surface area contributed by atoms with Crippen molar-refractivity contribution in [3.63, 3.8) is 0 Å². The lowest BCUT2D eigenvalue weighted by molar-refractivity contribution is 0.102. The van der Waals surface area contributed by atoms with Crippen molar-refractivity contribution in [3.05, 3.63) is 39.8 Å². The topological polar surface area (TPSA) is 85.4 Å². The Hall–Kier alpha value is -1.45. The predicted octanol–water partition coefficient (Wildman–Crippen LogP) is 3.27. The summed E-state index contributed by atoms with van der Waals surface area (Å²) in [6, 6.07) is 5.85. The van der Waals surface area contributed by atoms with Gasteiger partial charge in [0, 0.05) is 5.56 Å². The summed E-state index contributed by atoms with van der Waals surface area (Å²) < 4.78 is 29.1. The molecule has 0 fully saturated rings. The molecule has 0 bridgehead atoms. The Balaban J connectivity index is 2.07. The van der Waals surface area contributed by atoms with Crippen molar-refractivity contribution in [1.29, 1.82) is 0 Å². The molecule has 0 spiro atoms. The largest absolute Gasteiger partial charge is 0.382 e. The number of halogens is 1. The lowest BCUT2D eigenvalue weighted by atomic mass is 10.2. The minimum atomic E-state index is -3.64. The van der Waals surface area contributed by atoms with E-state index in [1.54, 1.807) is 6.20 Å². The van der Waals surface area contributed by atoms with Gasteiger partial charge in [-0.2, -0.15) is 8.42 Å². The summed E-state index contributed by atoms with van der Waals surface area (Å²) in [7, 11) is -3.64. The first-order valence-corrected chi connectivity index (χ1v) is 9.32. The Labute approximate surface area is 140 Å². The van der Waals surface area contributed by atoms with Gasteiger partial charge in [0.05, 0.1) is 15.2 Å². The average molecular weight is 405 g/mol. The molecule has 0 atom stereocenters. The van der Waals surface area contributed by atoms with E-state index in [-0.39, 0.29) is 11.7 Å². The van der Waals surface area contributed by atoms with Crippen LogP contribution in [0.5, 0.6) is 5.75 Å². The van der Waals surface area contributed by atoms with Gasteiger partial charge in [-0.3, -0.25) is 10.1 Å². The number of carbonyl (C=O) groups excluding carboxylic acids is 1. The van der Waals surface area contributed by atoms with Crippen LogP contribution in [0.4, 0.5) is 5.13 Å². The van der Waals surface area contributed by atoms with E-state index < -0.39 is 15.4 Å². The van der Waals surface area contributed by atoms with Crippen LogP contribution < -0.4 is 9.50 Å². The smallest absolute Gasteiger partial charge is 0.311 e. The lowest BCUT2D eigenvalue weighted by Crippen LogP contribution is -2.20. The Kier molecular flexibility index (Phi) is 5.20. The lowest BCUT2D eigenvalue weighted by Gasteiger charge is -2.09. The van der Waals surface area contributed by atoms with Crippen LogP contribution >= 0.6 is 27.3 Å². The molecular formula is C13H13BrN2O4S2. The van der Waals surface area contributed by atoms with Crippen LogP contribution in [0, 0.1) is 0 Å². The molecule has 118 valence electrons. The number of benzene rings is 1. The van der Waals surface area contributed by atoms with Gasteiger partial charge in [0.15, 0.2) is 5.13 Å². The van der Waals surface area contributed by atoms with Crippen molar-refractivity contribution in [2.75, 3.05) is 5.32 Å². The van der Waals surface area contributed by atoms with Gasteiger partial charge < -0.3 is 4.18 Å². The molecule has 1 amide bonds. The molecule has 0 saturated heterocycles. The van der Waals surface area contributed by atoms with Crippen molar-refractivity contribution in [2.24, 2.45) is 0 Å². The molecule has 0 aliphatic carbocycles. The van der Waals surface area contributed by atoms with Gasteiger partial charge in [0.1, 0.15) is 5.75 Å². The van der Waals surface area contributed by atoms with Gasteiger partial charge in [-0.1, -0.05) is 11.3 Å². The molecule has 9 heteroatoms. The predicted molar refractivity (Wildman–Crippen MR) is 88.9 cm³/mol. The maximum atomic E-state index is 12.0. The Morgan fingerprint density at radius 3 is 2.45 bits per heavy atom. The number of hydrogen-bond acceptors (Lipinski definition) is 6. The second-order valence-corrected chi connectivity index (χ2v) is 9.08. The van der Waals surface area contributed by atoms with E-state index in [9.17, 15) is 13.2 Å². The zero-order chi connectivity index (χ0) is 16.3. The molecule has 0 aliphatic heterocycles. The second kappa shape index (κ2) is 6.76. The van der Waals surface area contributed by atoms with E-state index in [4.69, 9.17) is 4.18 Å². The van der Waals surface area contributed by atoms with E-state index >= 15 is 0 Å². The van der Waals surface area contributed by atoms with E-state index in [1.165, 1.54) is 49.4 Å². The van der Waals surface area contributed by atoms with Crippen LogP contribution in [0.1, 0.15) is 24.2 Å². The van der Waals surface area contributed by atoms with Gasteiger partial charge in [-0.15, -0.1) is 0 Å². The summed E-state index contributed by atoms with van der Waals surface area (Å²) in [5.41, 5.74) is 0.376. The molecule has 22 heavy (non-hydrogen) atoms. The highest BCUT2D eigenvalue weighted by Gasteiger charge is 2.18. The Bertz CT molecular complexity index is 770. The third-order valence-electron chi connectivity index (χ3n) is 2.60. The number of rotatable bonds is 5. The van der Waals surface area contributed by atoms with Crippen LogP contribution in [0.25, 0.3) is 0 Å². The molecule has 0 radical (unpaired) electrons. The molecule has 0 unspecified atom stereocenters. The molecular weight excluding hydrogens is 392 g/mol. The van der Waals surface area contributed by atoms with E-state index in [2.05, 4.69) is 26.2 Å². The molecule has 1 aromatic carbocycles. The highest BCUT2D eigenvalue weighted by Crippen LogP contribution is 2.24. The van der Waals surface area contributed by atoms with E-state index in [1.807, 2.05) is 0 Å². The first-order chi connectivity index (χ1) is 10.3. The third kappa shape index (κ3) is 4.28. The first-order valence-electron chi connectivity index (χ1n) is 6.24. The van der Waals surface area contributed by atoms with Crippen molar-refractivity contribution in [1.82, 2.24) is 4.98 Å². The maximum absolute atomic E-state index is 12.0. The zero-order valence-electron chi connectivity index (χ0n) is 11.7. The summed E-state index contributed by atoms with van der Waals surface area (Å²) in [5, 5.41) is 2.48. The number of nitrogens with one attached hydrogen (secondary N) is 1. The van der Waals surface area contributed by atoms with Crippen LogP contribution in [-0.2, 0) is 10.1 Å². The van der Waals surface area contributed by atoms with Crippen molar-refractivity contribution in [2.45, 2.75) is 19.1 Å². The minimum absolute atomic E-state index is 0.169. The van der Waals surface area contributed by atoms with Gasteiger partial charge >= 0.3 is 10.1 Å². The summed E-state index contributed by atoms with van der Waals surface area (Å²) in [5.74, 6) is -0.164.